The second-order valence-corrected chi connectivity index (χ2v) is 4.48. The molecule has 0 spiro atoms. The molecule has 1 aromatic rings. The van der Waals surface area contributed by atoms with E-state index >= 15 is 0 Å². The van der Waals surface area contributed by atoms with Gasteiger partial charge in [-0.05, 0) is 43.5 Å². The molecule has 2 rings (SSSR count). The minimum atomic E-state index is -1.61. The molecule has 4 nitrogen and oxygen atoms in total. The van der Waals surface area contributed by atoms with Crippen LogP contribution in [0.5, 0.6) is 0 Å². The van der Waals surface area contributed by atoms with E-state index in [-0.39, 0.29) is 13.0 Å². The second-order valence-electron chi connectivity index (χ2n) is 4.48. The first-order valence-electron chi connectivity index (χ1n) is 5.74. The average molecular weight is 235 g/mol. The lowest BCUT2D eigenvalue weighted by molar-refractivity contribution is -0.161. The highest BCUT2D eigenvalue weighted by Crippen LogP contribution is 2.33. The van der Waals surface area contributed by atoms with Gasteiger partial charge in [0.25, 0.3) is 0 Å². The number of aryl methyl sites for hydroxylation is 2. The summed E-state index contributed by atoms with van der Waals surface area (Å²) in [5.41, 5.74) is 2.42. The molecule has 1 heterocycles. The molecule has 0 radical (unpaired) electrons. The van der Waals surface area contributed by atoms with Gasteiger partial charge in [-0.2, -0.15) is 0 Å². The van der Waals surface area contributed by atoms with Crippen molar-refractivity contribution in [2.45, 2.75) is 32.9 Å². The molecule has 4 heteroatoms. The van der Waals surface area contributed by atoms with Gasteiger partial charge in [-0.1, -0.05) is 6.07 Å². The van der Waals surface area contributed by atoms with E-state index in [4.69, 9.17) is 4.74 Å². The molecule has 0 amide bonds. The van der Waals surface area contributed by atoms with Crippen LogP contribution in [0.15, 0.2) is 12.1 Å². The van der Waals surface area contributed by atoms with E-state index in [0.29, 0.717) is 0 Å². The van der Waals surface area contributed by atoms with Crippen molar-refractivity contribution in [2.75, 3.05) is 11.9 Å². The van der Waals surface area contributed by atoms with E-state index in [1.807, 2.05) is 26.0 Å². The van der Waals surface area contributed by atoms with Gasteiger partial charge in [-0.3, -0.25) is 0 Å². The van der Waals surface area contributed by atoms with Crippen LogP contribution in [0.25, 0.3) is 0 Å². The lowest BCUT2D eigenvalue weighted by atomic mass is 10.0. The summed E-state index contributed by atoms with van der Waals surface area (Å²) in [6, 6.07) is 3.94. The monoisotopic (exact) mass is 235 g/mol. The van der Waals surface area contributed by atoms with Crippen LogP contribution in [0, 0.1) is 13.8 Å². The van der Waals surface area contributed by atoms with Crippen molar-refractivity contribution < 1.29 is 14.6 Å². The van der Waals surface area contributed by atoms with Crippen molar-refractivity contribution in [1.82, 2.24) is 0 Å². The van der Waals surface area contributed by atoms with Crippen molar-refractivity contribution in [1.29, 1.82) is 0 Å². The van der Waals surface area contributed by atoms with Gasteiger partial charge in [0.15, 0.2) is 0 Å². The normalized spacial score (nSPS) is 21.9. The molecule has 0 aromatic heterocycles. The number of anilines is 1. The summed E-state index contributed by atoms with van der Waals surface area (Å²) < 4.78 is 4.87. The standard InChI is InChI=1S/C13H17NO3/c1-4-17-12(15)13(16)7-10-5-8(2)9(3)6-11(10)14-13/h5-6,14,16H,4,7H2,1-3H3. The third-order valence-corrected chi connectivity index (χ3v) is 3.12. The van der Waals surface area contributed by atoms with Crippen molar-refractivity contribution in [3.63, 3.8) is 0 Å². The Kier molecular flexibility index (Phi) is 2.83. The number of nitrogens with one attached hydrogen (secondary N) is 1. The molecule has 1 aliphatic rings. The van der Waals surface area contributed by atoms with Gasteiger partial charge in [0.2, 0.25) is 5.72 Å². The minimum absolute atomic E-state index is 0.252. The predicted molar refractivity (Wildman–Crippen MR) is 64.8 cm³/mol. The summed E-state index contributed by atoms with van der Waals surface area (Å²) in [5, 5.41) is 13.1. The largest absolute Gasteiger partial charge is 0.462 e. The zero-order valence-corrected chi connectivity index (χ0v) is 10.3. The topological polar surface area (TPSA) is 58.6 Å². The van der Waals surface area contributed by atoms with Crippen LogP contribution < -0.4 is 5.32 Å². The molecule has 1 aliphatic heterocycles. The molecule has 0 fully saturated rings. The summed E-state index contributed by atoms with van der Waals surface area (Å²) in [7, 11) is 0. The molecule has 92 valence electrons. The molecule has 2 N–H and O–H groups in total. The maximum atomic E-state index is 11.7. The van der Waals surface area contributed by atoms with Gasteiger partial charge in [0, 0.05) is 12.1 Å². The number of benzene rings is 1. The van der Waals surface area contributed by atoms with Crippen LogP contribution in [0.4, 0.5) is 5.69 Å². The van der Waals surface area contributed by atoms with Crippen molar-refractivity contribution >= 4 is 11.7 Å². The lowest BCUT2D eigenvalue weighted by Gasteiger charge is -2.20. The molecule has 0 aliphatic carbocycles. The number of aliphatic hydroxyl groups is 1. The van der Waals surface area contributed by atoms with Crippen LogP contribution in [0.3, 0.4) is 0 Å². The van der Waals surface area contributed by atoms with Crippen LogP contribution in [0.2, 0.25) is 0 Å². The number of hydrogen-bond donors (Lipinski definition) is 2. The fourth-order valence-corrected chi connectivity index (χ4v) is 2.05. The van der Waals surface area contributed by atoms with E-state index in [1.54, 1.807) is 6.92 Å². The summed E-state index contributed by atoms with van der Waals surface area (Å²) in [6.45, 7) is 5.99. The highest BCUT2D eigenvalue weighted by molar-refractivity contribution is 5.86. The van der Waals surface area contributed by atoms with E-state index in [9.17, 15) is 9.90 Å². The molecule has 1 unspecified atom stereocenters. The predicted octanol–water partition coefficient (Wildman–Crippen LogP) is 1.52. The number of hydrogen-bond acceptors (Lipinski definition) is 4. The maximum Gasteiger partial charge on any atom is 0.359 e. The van der Waals surface area contributed by atoms with Crippen LogP contribution >= 0.6 is 0 Å². The van der Waals surface area contributed by atoms with E-state index in [1.165, 1.54) is 0 Å². The third kappa shape index (κ3) is 2.00. The molecule has 0 saturated carbocycles. The first-order valence-corrected chi connectivity index (χ1v) is 5.74. The molecule has 1 aromatic carbocycles. The van der Waals surface area contributed by atoms with E-state index in [0.717, 1.165) is 22.4 Å². The van der Waals surface area contributed by atoms with Gasteiger partial charge < -0.3 is 15.2 Å². The first-order chi connectivity index (χ1) is 7.96. The number of esters is 1. The Morgan fingerprint density at radius 1 is 1.47 bits per heavy atom. The SMILES string of the molecule is CCOC(=O)C1(O)Cc2cc(C)c(C)cc2N1. The highest BCUT2D eigenvalue weighted by atomic mass is 16.6. The van der Waals surface area contributed by atoms with Gasteiger partial charge in [0.05, 0.1) is 6.61 Å². The molecular formula is C13H17NO3. The molecule has 17 heavy (non-hydrogen) atoms. The Morgan fingerprint density at radius 2 is 2.12 bits per heavy atom. The zero-order valence-electron chi connectivity index (χ0n) is 10.3. The number of fused-ring (bicyclic) bond motifs is 1. The van der Waals surface area contributed by atoms with Crippen LogP contribution in [-0.4, -0.2) is 23.4 Å². The number of rotatable bonds is 2. The molecule has 1 atom stereocenters. The maximum absolute atomic E-state index is 11.7. The fourth-order valence-electron chi connectivity index (χ4n) is 2.05. The van der Waals surface area contributed by atoms with Gasteiger partial charge in [0.1, 0.15) is 0 Å². The molecule has 0 saturated heterocycles. The Bertz CT molecular complexity index is 437. The Balaban J connectivity index is 2.29. The van der Waals surface area contributed by atoms with Crippen LogP contribution in [-0.2, 0) is 16.0 Å². The van der Waals surface area contributed by atoms with Crippen LogP contribution in [0.1, 0.15) is 23.6 Å². The quantitative estimate of drug-likeness (QED) is 0.763. The number of carbonyl (C=O) groups excluding carboxylic acids is 1. The van der Waals surface area contributed by atoms with Crippen molar-refractivity contribution in [3.8, 4) is 0 Å². The van der Waals surface area contributed by atoms with Crippen molar-refractivity contribution in [2.24, 2.45) is 0 Å². The smallest absolute Gasteiger partial charge is 0.359 e. The fraction of sp³-hybridized carbons (Fsp3) is 0.462. The zero-order chi connectivity index (χ0) is 12.6. The Morgan fingerprint density at radius 3 is 2.76 bits per heavy atom. The lowest BCUT2D eigenvalue weighted by Crippen LogP contribution is -2.46. The number of carbonyl (C=O) groups is 1. The summed E-state index contributed by atoms with van der Waals surface area (Å²) in [6.07, 6.45) is 0.252. The molecular weight excluding hydrogens is 218 g/mol. The molecule has 0 bridgehead atoms. The summed E-state index contributed by atoms with van der Waals surface area (Å²) >= 11 is 0. The third-order valence-electron chi connectivity index (χ3n) is 3.12. The second kappa shape index (κ2) is 4.04. The number of ether oxygens (including phenoxy) is 1. The highest BCUT2D eigenvalue weighted by Gasteiger charge is 2.43. The Labute approximate surface area is 101 Å². The van der Waals surface area contributed by atoms with E-state index in [2.05, 4.69) is 5.32 Å². The van der Waals surface area contributed by atoms with Gasteiger partial charge in [-0.15, -0.1) is 0 Å². The van der Waals surface area contributed by atoms with Gasteiger partial charge >= 0.3 is 5.97 Å². The van der Waals surface area contributed by atoms with Crippen molar-refractivity contribution in [3.05, 3.63) is 28.8 Å². The summed E-state index contributed by atoms with van der Waals surface area (Å²) in [4.78, 5) is 11.7. The average Bonchev–Trinajstić information content (AvgIpc) is 2.57. The summed E-state index contributed by atoms with van der Waals surface area (Å²) in [5.74, 6) is -0.619. The first kappa shape index (κ1) is 11.9. The Hall–Kier alpha value is -1.55. The minimum Gasteiger partial charge on any atom is -0.462 e. The van der Waals surface area contributed by atoms with E-state index < -0.39 is 11.7 Å². The van der Waals surface area contributed by atoms with Gasteiger partial charge in [-0.25, -0.2) is 4.79 Å².